The Morgan fingerprint density at radius 3 is 2.81 bits per heavy atom. The van der Waals surface area contributed by atoms with Crippen LogP contribution in [0.2, 0.25) is 0 Å². The number of rotatable bonds is 9. The fourth-order valence-electron chi connectivity index (χ4n) is 2.40. The van der Waals surface area contributed by atoms with Crippen LogP contribution in [0.15, 0.2) is 24.3 Å². The van der Waals surface area contributed by atoms with E-state index in [2.05, 4.69) is 23.4 Å². The topological polar surface area (TPSA) is 96.7 Å². The number of amides is 1. The first-order valence-electron chi connectivity index (χ1n) is 8.44. The van der Waals surface area contributed by atoms with Crippen LogP contribution in [0.3, 0.4) is 0 Å². The van der Waals surface area contributed by atoms with Gasteiger partial charge in [0.15, 0.2) is 0 Å². The Morgan fingerprint density at radius 1 is 1.42 bits per heavy atom. The van der Waals surface area contributed by atoms with Crippen LogP contribution in [-0.2, 0) is 11.2 Å². The molecule has 0 saturated heterocycles. The minimum atomic E-state index is -0.354. The van der Waals surface area contributed by atoms with Crippen molar-refractivity contribution in [2.24, 2.45) is 0 Å². The molecule has 0 fully saturated rings. The molecule has 2 rings (SSSR count). The first-order valence-corrected chi connectivity index (χ1v) is 9.60. The highest BCUT2D eigenvalue weighted by atomic mass is 32.2. The molecular formula is C18H22FN5OS. The van der Waals surface area contributed by atoms with Gasteiger partial charge in [0.05, 0.1) is 17.1 Å². The summed E-state index contributed by atoms with van der Waals surface area (Å²) in [6, 6.07) is 7.81. The third kappa shape index (κ3) is 5.23. The molecule has 1 aromatic carbocycles. The summed E-state index contributed by atoms with van der Waals surface area (Å²) < 4.78 is 14.5. The van der Waals surface area contributed by atoms with Gasteiger partial charge in [0.1, 0.15) is 23.3 Å². The lowest BCUT2D eigenvalue weighted by molar-refractivity contribution is -0.118. The lowest BCUT2D eigenvalue weighted by Crippen LogP contribution is -2.26. The Balaban J connectivity index is 1.95. The van der Waals surface area contributed by atoms with Crippen molar-refractivity contribution in [2.75, 3.05) is 23.8 Å². The monoisotopic (exact) mass is 375 g/mol. The quantitative estimate of drug-likeness (QED) is 0.657. The standard InChI is InChI=1S/C18H22FN5OS/c1-2-10-26-12-17(25)22-9-3-4-16-15(11-20)18(21)24(23-16)14-7-5-13(19)6-8-14/h5-8H,2-4,9-10,12,21H2,1H3,(H,22,25). The molecule has 1 aromatic heterocycles. The number of carbonyl (C=O) groups is 1. The van der Waals surface area contributed by atoms with E-state index < -0.39 is 0 Å². The lowest BCUT2D eigenvalue weighted by Gasteiger charge is -2.04. The number of halogens is 1. The summed E-state index contributed by atoms with van der Waals surface area (Å²) in [6.07, 6.45) is 2.22. The Labute approximate surface area is 156 Å². The molecule has 3 N–H and O–H groups in total. The molecule has 0 unspecified atom stereocenters. The molecule has 0 aliphatic rings. The van der Waals surface area contributed by atoms with Crippen LogP contribution in [0.25, 0.3) is 5.69 Å². The van der Waals surface area contributed by atoms with Crippen molar-refractivity contribution < 1.29 is 9.18 Å². The summed E-state index contributed by atoms with van der Waals surface area (Å²) in [7, 11) is 0. The van der Waals surface area contributed by atoms with Gasteiger partial charge in [0.2, 0.25) is 5.91 Å². The van der Waals surface area contributed by atoms with Gasteiger partial charge in [0.25, 0.3) is 0 Å². The Morgan fingerprint density at radius 2 is 2.15 bits per heavy atom. The molecule has 6 nitrogen and oxygen atoms in total. The molecule has 0 spiro atoms. The lowest BCUT2D eigenvalue weighted by atomic mass is 10.1. The number of thioether (sulfide) groups is 1. The van der Waals surface area contributed by atoms with Crippen molar-refractivity contribution in [1.29, 1.82) is 5.26 Å². The molecule has 1 heterocycles. The van der Waals surface area contributed by atoms with Gasteiger partial charge in [-0.25, -0.2) is 9.07 Å². The van der Waals surface area contributed by atoms with E-state index in [-0.39, 0.29) is 17.5 Å². The van der Waals surface area contributed by atoms with E-state index in [4.69, 9.17) is 5.73 Å². The number of benzene rings is 1. The maximum atomic E-state index is 13.1. The summed E-state index contributed by atoms with van der Waals surface area (Å²) in [5, 5.41) is 16.6. The highest BCUT2D eigenvalue weighted by molar-refractivity contribution is 7.99. The first kappa shape index (κ1) is 19.8. The van der Waals surface area contributed by atoms with Crippen LogP contribution < -0.4 is 11.1 Å². The van der Waals surface area contributed by atoms with Gasteiger partial charge >= 0.3 is 0 Å². The van der Waals surface area contributed by atoms with Crippen LogP contribution >= 0.6 is 11.8 Å². The molecule has 0 aliphatic carbocycles. The highest BCUT2D eigenvalue weighted by Crippen LogP contribution is 2.21. The molecular weight excluding hydrogens is 353 g/mol. The van der Waals surface area contributed by atoms with Crippen molar-refractivity contribution >= 4 is 23.5 Å². The van der Waals surface area contributed by atoms with E-state index in [9.17, 15) is 14.4 Å². The number of aromatic nitrogens is 2. The summed E-state index contributed by atoms with van der Waals surface area (Å²) in [6.45, 7) is 2.59. The summed E-state index contributed by atoms with van der Waals surface area (Å²) in [5.74, 6) is 1.32. The normalized spacial score (nSPS) is 10.5. The van der Waals surface area contributed by atoms with E-state index in [0.29, 0.717) is 42.1 Å². The molecule has 1 amide bonds. The van der Waals surface area contributed by atoms with Gasteiger partial charge in [-0.05, 0) is 49.3 Å². The SMILES string of the molecule is CCCSCC(=O)NCCCc1nn(-c2ccc(F)cc2)c(N)c1C#N. The fourth-order valence-corrected chi connectivity index (χ4v) is 3.12. The largest absolute Gasteiger partial charge is 0.382 e. The van der Waals surface area contributed by atoms with Gasteiger partial charge in [0, 0.05) is 6.54 Å². The number of aryl methyl sites for hydroxylation is 1. The van der Waals surface area contributed by atoms with Crippen LogP contribution in [-0.4, -0.2) is 33.7 Å². The second kappa shape index (κ2) is 9.82. The average Bonchev–Trinajstić information content (AvgIpc) is 2.95. The molecule has 0 saturated carbocycles. The van der Waals surface area contributed by atoms with Crippen molar-refractivity contribution in [1.82, 2.24) is 15.1 Å². The third-order valence-electron chi connectivity index (χ3n) is 3.67. The minimum Gasteiger partial charge on any atom is -0.382 e. The van der Waals surface area contributed by atoms with E-state index in [1.807, 2.05) is 0 Å². The molecule has 0 bridgehead atoms. The predicted molar refractivity (Wildman–Crippen MR) is 102 cm³/mol. The first-order chi connectivity index (χ1) is 12.6. The van der Waals surface area contributed by atoms with E-state index >= 15 is 0 Å². The summed E-state index contributed by atoms with van der Waals surface area (Å²) >= 11 is 1.61. The Bertz CT molecular complexity index is 782. The van der Waals surface area contributed by atoms with E-state index in [1.165, 1.54) is 16.8 Å². The zero-order valence-corrected chi connectivity index (χ0v) is 15.5. The van der Waals surface area contributed by atoms with Crippen molar-refractivity contribution in [3.63, 3.8) is 0 Å². The molecule has 2 aromatic rings. The van der Waals surface area contributed by atoms with Gasteiger partial charge in [-0.2, -0.15) is 22.1 Å². The number of hydrogen-bond donors (Lipinski definition) is 2. The second-order valence-corrected chi connectivity index (χ2v) is 6.82. The molecule has 8 heteroatoms. The van der Waals surface area contributed by atoms with Gasteiger partial charge in [-0.15, -0.1) is 0 Å². The van der Waals surface area contributed by atoms with Crippen LogP contribution in [0.5, 0.6) is 0 Å². The molecule has 0 aliphatic heterocycles. The Hall–Kier alpha value is -2.53. The van der Waals surface area contributed by atoms with Crippen molar-refractivity contribution in [3.8, 4) is 11.8 Å². The maximum absolute atomic E-state index is 13.1. The number of nitriles is 1. The number of hydrogen-bond acceptors (Lipinski definition) is 5. The molecule has 26 heavy (non-hydrogen) atoms. The van der Waals surface area contributed by atoms with Crippen LogP contribution in [0.1, 0.15) is 31.0 Å². The second-order valence-electron chi connectivity index (χ2n) is 5.71. The van der Waals surface area contributed by atoms with Gasteiger partial charge < -0.3 is 11.1 Å². The summed E-state index contributed by atoms with van der Waals surface area (Å²) in [4.78, 5) is 11.7. The summed E-state index contributed by atoms with van der Waals surface area (Å²) in [5.41, 5.74) is 7.50. The smallest absolute Gasteiger partial charge is 0.229 e. The number of nitrogens with two attached hydrogens (primary N) is 1. The zero-order valence-electron chi connectivity index (χ0n) is 14.7. The Kier molecular flexibility index (Phi) is 7.48. The maximum Gasteiger partial charge on any atom is 0.229 e. The zero-order chi connectivity index (χ0) is 18.9. The number of anilines is 1. The van der Waals surface area contributed by atoms with Crippen LogP contribution in [0.4, 0.5) is 10.2 Å². The highest BCUT2D eigenvalue weighted by Gasteiger charge is 2.16. The fraction of sp³-hybridized carbons (Fsp3) is 0.389. The predicted octanol–water partition coefficient (Wildman–Crippen LogP) is 2.66. The van der Waals surface area contributed by atoms with Crippen molar-refractivity contribution in [3.05, 3.63) is 41.3 Å². The average molecular weight is 375 g/mol. The van der Waals surface area contributed by atoms with Crippen molar-refractivity contribution in [2.45, 2.75) is 26.2 Å². The van der Waals surface area contributed by atoms with Gasteiger partial charge in [-0.1, -0.05) is 6.92 Å². The van der Waals surface area contributed by atoms with Gasteiger partial charge in [-0.3, -0.25) is 4.79 Å². The molecule has 138 valence electrons. The molecule has 0 atom stereocenters. The van der Waals surface area contributed by atoms with Crippen LogP contribution in [0, 0.1) is 17.1 Å². The third-order valence-corrected chi connectivity index (χ3v) is 4.83. The van der Waals surface area contributed by atoms with E-state index in [0.717, 1.165) is 12.2 Å². The minimum absolute atomic E-state index is 0.0142. The molecule has 0 radical (unpaired) electrons. The number of nitrogen functional groups attached to an aromatic ring is 1. The van der Waals surface area contributed by atoms with E-state index in [1.54, 1.807) is 23.9 Å². The number of nitrogens with zero attached hydrogens (tertiary/aromatic N) is 3. The number of nitrogens with one attached hydrogen (secondary N) is 1. The number of carbonyl (C=O) groups excluding carboxylic acids is 1.